The van der Waals surface area contributed by atoms with Crippen LogP contribution in [0.4, 0.5) is 0 Å². The van der Waals surface area contributed by atoms with Gasteiger partial charge in [0.25, 0.3) is 5.91 Å². The van der Waals surface area contributed by atoms with E-state index in [1.807, 2.05) is 13.8 Å². The Bertz CT molecular complexity index is 475. The van der Waals surface area contributed by atoms with Crippen LogP contribution in [0.15, 0.2) is 23.0 Å². The molecule has 0 spiro atoms. The van der Waals surface area contributed by atoms with E-state index in [-0.39, 0.29) is 30.7 Å². The van der Waals surface area contributed by atoms with Crippen LogP contribution < -0.4 is 5.32 Å². The van der Waals surface area contributed by atoms with Crippen molar-refractivity contribution in [2.24, 2.45) is 5.92 Å². The number of carbonyl (C=O) groups excluding carboxylic acids is 2. The quantitative estimate of drug-likeness (QED) is 0.828. The Morgan fingerprint density at radius 3 is 2.75 bits per heavy atom. The number of amides is 2. The zero-order valence-corrected chi connectivity index (χ0v) is 11.8. The summed E-state index contributed by atoms with van der Waals surface area (Å²) < 4.78 is 4.81. The summed E-state index contributed by atoms with van der Waals surface area (Å²) in [6.45, 7) is 4.90. The molecule has 110 valence electrons. The Kier molecular flexibility index (Phi) is 4.13. The van der Waals surface area contributed by atoms with Gasteiger partial charge in [0, 0.05) is 13.0 Å². The SMILES string of the molecule is CC(C)C1(O)CN(C(=O)CCNC(=O)c2ccoc2)C1. The lowest BCUT2D eigenvalue weighted by Gasteiger charge is -2.49. The number of nitrogens with zero attached hydrogens (tertiary/aromatic N) is 1. The van der Waals surface area contributed by atoms with E-state index >= 15 is 0 Å². The maximum Gasteiger partial charge on any atom is 0.254 e. The molecule has 1 aliphatic heterocycles. The van der Waals surface area contributed by atoms with Gasteiger partial charge in [0.1, 0.15) is 11.9 Å². The molecule has 6 heteroatoms. The van der Waals surface area contributed by atoms with Crippen molar-refractivity contribution in [3.05, 3.63) is 24.2 Å². The van der Waals surface area contributed by atoms with Crippen molar-refractivity contribution < 1.29 is 19.1 Å². The summed E-state index contributed by atoms with van der Waals surface area (Å²) in [5, 5.41) is 12.7. The smallest absolute Gasteiger partial charge is 0.254 e. The first-order chi connectivity index (χ1) is 9.42. The molecule has 0 atom stereocenters. The first-order valence-corrected chi connectivity index (χ1v) is 6.73. The van der Waals surface area contributed by atoms with E-state index in [1.54, 1.807) is 11.0 Å². The van der Waals surface area contributed by atoms with Crippen molar-refractivity contribution >= 4 is 11.8 Å². The van der Waals surface area contributed by atoms with Crippen LogP contribution in [0.25, 0.3) is 0 Å². The van der Waals surface area contributed by atoms with Gasteiger partial charge in [-0.1, -0.05) is 13.8 Å². The Morgan fingerprint density at radius 1 is 1.50 bits per heavy atom. The fourth-order valence-corrected chi connectivity index (χ4v) is 2.09. The van der Waals surface area contributed by atoms with Crippen molar-refractivity contribution in [1.29, 1.82) is 0 Å². The van der Waals surface area contributed by atoms with E-state index in [9.17, 15) is 14.7 Å². The van der Waals surface area contributed by atoms with Crippen molar-refractivity contribution in [2.75, 3.05) is 19.6 Å². The van der Waals surface area contributed by atoms with E-state index in [1.165, 1.54) is 12.5 Å². The molecule has 0 radical (unpaired) electrons. The van der Waals surface area contributed by atoms with Crippen LogP contribution in [-0.2, 0) is 4.79 Å². The lowest BCUT2D eigenvalue weighted by Crippen LogP contribution is -2.66. The summed E-state index contributed by atoms with van der Waals surface area (Å²) in [5.74, 6) is -0.177. The molecule has 6 nitrogen and oxygen atoms in total. The van der Waals surface area contributed by atoms with Gasteiger partial charge in [0.05, 0.1) is 24.9 Å². The minimum atomic E-state index is -0.754. The Morgan fingerprint density at radius 2 is 2.20 bits per heavy atom. The number of nitrogens with one attached hydrogen (secondary N) is 1. The van der Waals surface area contributed by atoms with Crippen LogP contribution in [0.2, 0.25) is 0 Å². The Labute approximate surface area is 117 Å². The fraction of sp³-hybridized carbons (Fsp3) is 0.571. The molecule has 2 amide bonds. The number of hydrogen-bond acceptors (Lipinski definition) is 4. The van der Waals surface area contributed by atoms with Crippen molar-refractivity contribution in [3.8, 4) is 0 Å². The highest BCUT2D eigenvalue weighted by molar-refractivity contribution is 5.94. The Hall–Kier alpha value is -1.82. The average Bonchev–Trinajstić information content (AvgIpc) is 2.88. The van der Waals surface area contributed by atoms with Gasteiger partial charge in [-0.05, 0) is 12.0 Å². The summed E-state index contributed by atoms with van der Waals surface area (Å²) in [5.41, 5.74) is -0.314. The van der Waals surface area contributed by atoms with Gasteiger partial charge in [-0.2, -0.15) is 0 Å². The molecule has 20 heavy (non-hydrogen) atoms. The molecule has 1 fully saturated rings. The molecular weight excluding hydrogens is 260 g/mol. The number of furan rings is 1. The van der Waals surface area contributed by atoms with E-state index in [2.05, 4.69) is 5.32 Å². The molecule has 2 N–H and O–H groups in total. The van der Waals surface area contributed by atoms with E-state index < -0.39 is 5.60 Å². The van der Waals surface area contributed by atoms with E-state index in [0.29, 0.717) is 18.7 Å². The van der Waals surface area contributed by atoms with Crippen molar-refractivity contribution in [1.82, 2.24) is 10.2 Å². The predicted molar refractivity (Wildman–Crippen MR) is 72.0 cm³/mol. The van der Waals surface area contributed by atoms with Crippen LogP contribution in [0.1, 0.15) is 30.6 Å². The third-order valence-corrected chi connectivity index (χ3v) is 3.76. The van der Waals surface area contributed by atoms with Crippen LogP contribution in [0, 0.1) is 5.92 Å². The molecule has 1 aromatic heterocycles. The number of aliphatic hydroxyl groups is 1. The first kappa shape index (κ1) is 14.6. The molecule has 1 aliphatic rings. The molecule has 2 heterocycles. The Balaban J connectivity index is 1.68. The maximum absolute atomic E-state index is 11.8. The second-order valence-electron chi connectivity index (χ2n) is 5.53. The van der Waals surface area contributed by atoms with Gasteiger partial charge < -0.3 is 19.7 Å². The minimum absolute atomic E-state index is 0.0529. The molecule has 2 rings (SSSR count). The van der Waals surface area contributed by atoms with Crippen LogP contribution >= 0.6 is 0 Å². The lowest BCUT2D eigenvalue weighted by molar-refractivity contribution is -0.163. The summed E-state index contributed by atoms with van der Waals surface area (Å²) in [6, 6.07) is 1.56. The molecular formula is C14H20N2O4. The predicted octanol–water partition coefficient (Wildman–Crippen LogP) is 0.629. The molecule has 0 saturated carbocycles. The minimum Gasteiger partial charge on any atom is -0.472 e. The number of likely N-dealkylation sites (tertiary alicyclic amines) is 1. The van der Waals surface area contributed by atoms with E-state index in [0.717, 1.165) is 0 Å². The highest BCUT2D eigenvalue weighted by Gasteiger charge is 2.45. The highest BCUT2D eigenvalue weighted by Crippen LogP contribution is 2.28. The maximum atomic E-state index is 11.8. The third kappa shape index (κ3) is 3.01. The van der Waals surface area contributed by atoms with Gasteiger partial charge in [-0.25, -0.2) is 0 Å². The monoisotopic (exact) mass is 280 g/mol. The van der Waals surface area contributed by atoms with Crippen molar-refractivity contribution in [2.45, 2.75) is 25.9 Å². The third-order valence-electron chi connectivity index (χ3n) is 3.76. The number of hydrogen-bond donors (Lipinski definition) is 2. The van der Waals surface area contributed by atoms with E-state index in [4.69, 9.17) is 4.42 Å². The zero-order valence-electron chi connectivity index (χ0n) is 11.8. The summed E-state index contributed by atoms with van der Waals surface area (Å²) >= 11 is 0. The zero-order chi connectivity index (χ0) is 14.8. The second-order valence-corrected chi connectivity index (χ2v) is 5.53. The fourth-order valence-electron chi connectivity index (χ4n) is 2.09. The standard InChI is InChI=1S/C14H20N2O4/c1-10(2)14(19)8-16(9-14)12(17)3-5-15-13(18)11-4-6-20-7-11/h4,6-7,10,19H,3,5,8-9H2,1-2H3,(H,15,18). The van der Waals surface area contributed by atoms with Crippen LogP contribution in [0.3, 0.4) is 0 Å². The van der Waals surface area contributed by atoms with Gasteiger partial charge in [-0.15, -0.1) is 0 Å². The first-order valence-electron chi connectivity index (χ1n) is 6.73. The summed E-state index contributed by atoms with van der Waals surface area (Å²) in [6.07, 6.45) is 3.01. The van der Waals surface area contributed by atoms with Gasteiger partial charge >= 0.3 is 0 Å². The van der Waals surface area contributed by atoms with Gasteiger partial charge in [-0.3, -0.25) is 9.59 Å². The van der Waals surface area contributed by atoms with Crippen LogP contribution in [0.5, 0.6) is 0 Å². The average molecular weight is 280 g/mol. The summed E-state index contributed by atoms with van der Waals surface area (Å²) in [7, 11) is 0. The molecule has 0 bridgehead atoms. The molecule has 1 saturated heterocycles. The van der Waals surface area contributed by atoms with Crippen molar-refractivity contribution in [3.63, 3.8) is 0 Å². The molecule has 0 aliphatic carbocycles. The topological polar surface area (TPSA) is 82.8 Å². The largest absolute Gasteiger partial charge is 0.472 e. The molecule has 1 aromatic rings. The normalized spacial score (nSPS) is 16.9. The second kappa shape index (κ2) is 5.66. The molecule has 0 aromatic carbocycles. The number of rotatable bonds is 5. The molecule has 0 unspecified atom stereocenters. The number of carbonyl (C=O) groups is 2. The van der Waals surface area contributed by atoms with Crippen LogP contribution in [-0.4, -0.2) is 47.1 Å². The number of β-amino-alcohol motifs (C(OH)–C–C–N with tert-alkyl or cyclic N) is 1. The lowest BCUT2D eigenvalue weighted by atomic mass is 9.83. The highest BCUT2D eigenvalue weighted by atomic mass is 16.3. The summed E-state index contributed by atoms with van der Waals surface area (Å²) in [4.78, 5) is 25.1. The van der Waals surface area contributed by atoms with Gasteiger partial charge in [0.15, 0.2) is 0 Å². The van der Waals surface area contributed by atoms with Gasteiger partial charge in [0.2, 0.25) is 5.91 Å².